The summed E-state index contributed by atoms with van der Waals surface area (Å²) in [5.41, 5.74) is 4.62. The second-order valence-electron chi connectivity index (χ2n) is 6.06. The first kappa shape index (κ1) is 14.1. The number of aromatic nitrogens is 3. The van der Waals surface area contributed by atoms with E-state index in [1.807, 2.05) is 13.2 Å². The number of benzene rings is 1. The number of hydrogen-bond donors (Lipinski definition) is 2. The third kappa shape index (κ3) is 2.74. The lowest BCUT2D eigenvalue weighted by Crippen LogP contribution is -2.32. The standard InChI is InChI=1S/C18H21N5/c1-19-18-20-12-17-16(22-18)11-15(21-17)13-7-9-23(10-8-13)14-5-3-2-4-6-14/h2-6,11-13,21H,7-10H2,1H3,(H,19,20,22). The molecule has 1 aliphatic rings. The van der Waals surface area contributed by atoms with E-state index in [2.05, 4.69) is 61.6 Å². The first-order valence-corrected chi connectivity index (χ1v) is 8.17. The van der Waals surface area contributed by atoms with E-state index in [1.165, 1.54) is 11.4 Å². The minimum absolute atomic E-state index is 0.571. The van der Waals surface area contributed by atoms with Crippen LogP contribution in [0.15, 0.2) is 42.6 Å². The van der Waals surface area contributed by atoms with Gasteiger partial charge in [0.1, 0.15) is 0 Å². The Hall–Kier alpha value is -2.56. The maximum Gasteiger partial charge on any atom is 0.223 e. The maximum absolute atomic E-state index is 4.51. The van der Waals surface area contributed by atoms with Crippen molar-refractivity contribution in [3.05, 3.63) is 48.3 Å². The van der Waals surface area contributed by atoms with Crippen LogP contribution in [-0.4, -0.2) is 35.1 Å². The van der Waals surface area contributed by atoms with E-state index in [9.17, 15) is 0 Å². The van der Waals surface area contributed by atoms with Gasteiger partial charge in [0.15, 0.2) is 0 Å². The van der Waals surface area contributed by atoms with E-state index in [0.717, 1.165) is 37.0 Å². The van der Waals surface area contributed by atoms with E-state index >= 15 is 0 Å². The second kappa shape index (κ2) is 5.91. The monoisotopic (exact) mass is 307 g/mol. The predicted octanol–water partition coefficient (Wildman–Crippen LogP) is 3.38. The molecule has 2 N–H and O–H groups in total. The number of anilines is 2. The van der Waals surface area contributed by atoms with Gasteiger partial charge >= 0.3 is 0 Å². The van der Waals surface area contributed by atoms with Crippen LogP contribution >= 0.6 is 0 Å². The summed E-state index contributed by atoms with van der Waals surface area (Å²) >= 11 is 0. The van der Waals surface area contributed by atoms with Crippen LogP contribution in [0.3, 0.4) is 0 Å². The summed E-state index contributed by atoms with van der Waals surface area (Å²) < 4.78 is 0. The Balaban J connectivity index is 1.50. The van der Waals surface area contributed by atoms with E-state index in [0.29, 0.717) is 11.9 Å². The second-order valence-corrected chi connectivity index (χ2v) is 6.06. The highest BCUT2D eigenvalue weighted by Gasteiger charge is 2.22. The van der Waals surface area contributed by atoms with Crippen LogP contribution in [0, 0.1) is 0 Å². The summed E-state index contributed by atoms with van der Waals surface area (Å²) in [7, 11) is 1.84. The Morgan fingerprint density at radius 2 is 1.96 bits per heavy atom. The van der Waals surface area contributed by atoms with Crippen molar-refractivity contribution in [3.63, 3.8) is 0 Å². The largest absolute Gasteiger partial charge is 0.371 e. The number of piperidine rings is 1. The van der Waals surface area contributed by atoms with Crippen molar-refractivity contribution in [3.8, 4) is 0 Å². The number of nitrogens with one attached hydrogen (secondary N) is 2. The summed E-state index contributed by atoms with van der Waals surface area (Å²) in [5.74, 6) is 1.24. The molecule has 2 aromatic heterocycles. The van der Waals surface area contributed by atoms with Gasteiger partial charge in [-0.25, -0.2) is 9.97 Å². The molecule has 3 heterocycles. The molecule has 23 heavy (non-hydrogen) atoms. The first-order valence-electron chi connectivity index (χ1n) is 8.17. The van der Waals surface area contributed by atoms with Gasteiger partial charge in [-0.3, -0.25) is 0 Å². The minimum atomic E-state index is 0.571. The summed E-state index contributed by atoms with van der Waals surface area (Å²) in [6, 6.07) is 12.9. The van der Waals surface area contributed by atoms with Crippen LogP contribution in [0.2, 0.25) is 0 Å². The van der Waals surface area contributed by atoms with Crippen LogP contribution in [0.1, 0.15) is 24.5 Å². The fraction of sp³-hybridized carbons (Fsp3) is 0.333. The maximum atomic E-state index is 4.51. The van der Waals surface area contributed by atoms with E-state index < -0.39 is 0 Å². The van der Waals surface area contributed by atoms with E-state index in [1.54, 1.807) is 0 Å². The fourth-order valence-electron chi connectivity index (χ4n) is 3.37. The predicted molar refractivity (Wildman–Crippen MR) is 94.1 cm³/mol. The molecule has 0 spiro atoms. The van der Waals surface area contributed by atoms with Gasteiger partial charge in [0.05, 0.1) is 17.2 Å². The number of nitrogens with zero attached hydrogens (tertiary/aromatic N) is 3. The van der Waals surface area contributed by atoms with Crippen LogP contribution < -0.4 is 10.2 Å². The molecule has 0 atom stereocenters. The lowest BCUT2D eigenvalue weighted by Gasteiger charge is -2.33. The van der Waals surface area contributed by atoms with Gasteiger partial charge in [0.2, 0.25) is 5.95 Å². The minimum Gasteiger partial charge on any atom is -0.371 e. The van der Waals surface area contributed by atoms with Crippen molar-refractivity contribution in [1.82, 2.24) is 15.0 Å². The molecule has 0 saturated carbocycles. The molecule has 1 aliphatic heterocycles. The van der Waals surface area contributed by atoms with Crippen LogP contribution in [-0.2, 0) is 0 Å². The van der Waals surface area contributed by atoms with Gasteiger partial charge in [-0.15, -0.1) is 0 Å². The van der Waals surface area contributed by atoms with Gasteiger partial charge in [0.25, 0.3) is 0 Å². The fourth-order valence-corrected chi connectivity index (χ4v) is 3.37. The zero-order valence-corrected chi connectivity index (χ0v) is 13.3. The van der Waals surface area contributed by atoms with Crippen molar-refractivity contribution in [1.29, 1.82) is 0 Å². The Morgan fingerprint density at radius 3 is 2.70 bits per heavy atom. The van der Waals surface area contributed by atoms with Crippen LogP contribution in [0.4, 0.5) is 11.6 Å². The van der Waals surface area contributed by atoms with Gasteiger partial charge in [-0.05, 0) is 31.0 Å². The summed E-state index contributed by atoms with van der Waals surface area (Å²) in [6.07, 6.45) is 4.18. The molecule has 4 rings (SSSR count). The lowest BCUT2D eigenvalue weighted by molar-refractivity contribution is 0.498. The quantitative estimate of drug-likeness (QED) is 0.779. The average Bonchev–Trinajstić information content (AvgIpc) is 3.05. The molecular formula is C18H21N5. The number of H-pyrrole nitrogens is 1. The number of rotatable bonds is 3. The molecule has 0 amide bonds. The smallest absolute Gasteiger partial charge is 0.223 e. The molecular weight excluding hydrogens is 286 g/mol. The van der Waals surface area contributed by atoms with Gasteiger partial charge in [0, 0.05) is 37.4 Å². The van der Waals surface area contributed by atoms with Gasteiger partial charge in [-0.2, -0.15) is 0 Å². The third-order valence-corrected chi connectivity index (χ3v) is 4.67. The van der Waals surface area contributed by atoms with Crippen molar-refractivity contribution in [2.45, 2.75) is 18.8 Å². The molecule has 118 valence electrons. The normalized spacial score (nSPS) is 16.0. The molecule has 0 radical (unpaired) electrons. The zero-order chi connectivity index (χ0) is 15.6. The number of aromatic amines is 1. The third-order valence-electron chi connectivity index (χ3n) is 4.67. The van der Waals surface area contributed by atoms with Crippen molar-refractivity contribution < 1.29 is 0 Å². The summed E-state index contributed by atoms with van der Waals surface area (Å²) in [5, 5.41) is 2.99. The average molecular weight is 307 g/mol. The molecule has 1 saturated heterocycles. The van der Waals surface area contributed by atoms with Crippen LogP contribution in [0.5, 0.6) is 0 Å². The van der Waals surface area contributed by atoms with Gasteiger partial charge in [-0.1, -0.05) is 18.2 Å². The number of hydrogen-bond acceptors (Lipinski definition) is 4. The van der Waals surface area contributed by atoms with E-state index in [-0.39, 0.29) is 0 Å². The molecule has 0 unspecified atom stereocenters. The Bertz CT molecular complexity index is 788. The topological polar surface area (TPSA) is 56.8 Å². The lowest BCUT2D eigenvalue weighted by atomic mass is 9.93. The molecule has 5 nitrogen and oxygen atoms in total. The van der Waals surface area contributed by atoms with Crippen molar-refractivity contribution >= 4 is 22.7 Å². The highest BCUT2D eigenvalue weighted by atomic mass is 15.1. The highest BCUT2D eigenvalue weighted by molar-refractivity contribution is 5.76. The Labute approximate surface area is 135 Å². The van der Waals surface area contributed by atoms with Crippen molar-refractivity contribution in [2.75, 3.05) is 30.4 Å². The summed E-state index contributed by atoms with van der Waals surface area (Å²) in [4.78, 5) is 14.8. The van der Waals surface area contributed by atoms with Crippen molar-refractivity contribution in [2.24, 2.45) is 0 Å². The molecule has 0 bridgehead atoms. The zero-order valence-electron chi connectivity index (χ0n) is 13.3. The molecule has 1 aromatic carbocycles. The van der Waals surface area contributed by atoms with E-state index in [4.69, 9.17) is 0 Å². The number of fused-ring (bicyclic) bond motifs is 1. The first-order chi connectivity index (χ1) is 11.3. The molecule has 0 aliphatic carbocycles. The SMILES string of the molecule is CNc1ncc2[nH]c(C3CCN(c4ccccc4)CC3)cc2n1. The Kier molecular flexibility index (Phi) is 3.61. The molecule has 1 fully saturated rings. The number of para-hydroxylation sites is 1. The van der Waals surface area contributed by atoms with Gasteiger partial charge < -0.3 is 15.2 Å². The Morgan fingerprint density at radius 1 is 1.17 bits per heavy atom. The summed E-state index contributed by atoms with van der Waals surface area (Å²) in [6.45, 7) is 2.19. The van der Waals surface area contributed by atoms with Crippen LogP contribution in [0.25, 0.3) is 11.0 Å². The highest BCUT2D eigenvalue weighted by Crippen LogP contribution is 2.31. The molecule has 3 aromatic rings. The molecule has 5 heteroatoms.